The number of nitrogens with zero attached hydrogens (tertiary/aromatic N) is 4. The summed E-state index contributed by atoms with van der Waals surface area (Å²) in [4.78, 5) is 10.3. The van der Waals surface area contributed by atoms with Crippen LogP contribution in [0.15, 0.2) is 72.8 Å². The summed E-state index contributed by atoms with van der Waals surface area (Å²) in [6, 6.07) is 26.6. The van der Waals surface area contributed by atoms with Gasteiger partial charge in [0.05, 0.1) is 5.69 Å². The molecule has 6 heteroatoms. The fraction of sp³-hybridized carbons (Fsp3) is 0.0800. The minimum atomic E-state index is 0.0386. The molecule has 0 unspecified atom stereocenters. The lowest BCUT2D eigenvalue weighted by Crippen LogP contribution is -2.10. The predicted octanol–water partition coefficient (Wildman–Crippen LogP) is 5.27. The first-order chi connectivity index (χ1) is 15.0. The summed E-state index contributed by atoms with van der Waals surface area (Å²) in [6.45, 7) is 4.16. The smallest absolute Gasteiger partial charge is 0.222 e. The van der Waals surface area contributed by atoms with Crippen molar-refractivity contribution in [1.82, 2.24) is 9.97 Å². The summed E-state index contributed by atoms with van der Waals surface area (Å²) in [5.74, 6) is 0.118. The molecule has 1 aromatic heterocycles. The lowest BCUT2D eigenvalue weighted by atomic mass is 10.1. The van der Waals surface area contributed by atoms with Crippen molar-refractivity contribution in [2.45, 2.75) is 13.8 Å². The van der Waals surface area contributed by atoms with E-state index < -0.39 is 0 Å². The first kappa shape index (κ1) is 19.9. The van der Waals surface area contributed by atoms with Crippen LogP contribution in [0.4, 0.5) is 28.8 Å². The normalized spacial score (nSPS) is 10.5. The van der Waals surface area contributed by atoms with Crippen LogP contribution < -0.4 is 16.4 Å². The maximum atomic E-state index is 9.48. The molecule has 0 aliphatic rings. The highest BCUT2D eigenvalue weighted by Crippen LogP contribution is 2.36. The van der Waals surface area contributed by atoms with E-state index in [2.05, 4.69) is 71.2 Å². The van der Waals surface area contributed by atoms with Crippen molar-refractivity contribution in [3.63, 3.8) is 0 Å². The van der Waals surface area contributed by atoms with Crippen LogP contribution in [0.2, 0.25) is 0 Å². The number of nitrogens with two attached hydrogens (primary N) is 2. The number of aromatic nitrogens is 2. The zero-order valence-electron chi connectivity index (χ0n) is 17.4. The van der Waals surface area contributed by atoms with E-state index in [4.69, 9.17) is 11.5 Å². The predicted molar refractivity (Wildman–Crippen MR) is 125 cm³/mol. The van der Waals surface area contributed by atoms with Gasteiger partial charge in [0.25, 0.3) is 0 Å². The number of anilines is 5. The summed E-state index contributed by atoms with van der Waals surface area (Å²) in [6.07, 6.45) is 0. The van der Waals surface area contributed by atoms with Crippen LogP contribution in [0.25, 0.3) is 11.3 Å². The standard InChI is InChI=1S/C25H22N6/c1-16-5-3-7-20(13-16)31(21-8-4-6-17(2)14-21)19-11-9-18(10-12-19)23-22(15-26)24(27)30-25(28)29-23/h3-14H,1-2H3,(H4,27,28,29,30). The molecule has 0 spiro atoms. The lowest BCUT2D eigenvalue weighted by Gasteiger charge is -2.26. The molecule has 0 saturated carbocycles. The van der Waals surface area contributed by atoms with E-state index in [0.29, 0.717) is 5.69 Å². The Hall–Kier alpha value is -4.37. The molecule has 0 bridgehead atoms. The highest BCUT2D eigenvalue weighted by molar-refractivity contribution is 5.80. The number of hydrogen-bond acceptors (Lipinski definition) is 6. The molecule has 0 saturated heterocycles. The average Bonchev–Trinajstić information content (AvgIpc) is 2.74. The largest absolute Gasteiger partial charge is 0.382 e. The minimum absolute atomic E-state index is 0.0386. The SMILES string of the molecule is Cc1cccc(N(c2ccc(-c3nc(N)nc(N)c3C#N)cc2)c2cccc(C)c2)c1. The van der Waals surface area contributed by atoms with E-state index in [1.165, 1.54) is 11.1 Å². The molecule has 152 valence electrons. The highest BCUT2D eigenvalue weighted by atomic mass is 15.1. The van der Waals surface area contributed by atoms with Crippen LogP contribution in [-0.4, -0.2) is 9.97 Å². The third-order valence-corrected chi connectivity index (χ3v) is 4.98. The maximum absolute atomic E-state index is 9.48. The van der Waals surface area contributed by atoms with Crippen LogP contribution >= 0.6 is 0 Å². The first-order valence-corrected chi connectivity index (χ1v) is 9.83. The average molecular weight is 406 g/mol. The number of hydrogen-bond donors (Lipinski definition) is 2. The molecule has 0 aliphatic heterocycles. The van der Waals surface area contributed by atoms with E-state index in [9.17, 15) is 5.26 Å². The van der Waals surface area contributed by atoms with Gasteiger partial charge < -0.3 is 16.4 Å². The molecule has 6 nitrogen and oxygen atoms in total. The fourth-order valence-corrected chi connectivity index (χ4v) is 3.56. The van der Waals surface area contributed by atoms with E-state index in [-0.39, 0.29) is 17.3 Å². The van der Waals surface area contributed by atoms with Crippen LogP contribution in [0.1, 0.15) is 16.7 Å². The Morgan fingerprint density at radius 1 is 0.774 bits per heavy atom. The van der Waals surface area contributed by atoms with Crippen molar-refractivity contribution in [3.8, 4) is 17.3 Å². The Balaban J connectivity index is 1.82. The van der Waals surface area contributed by atoms with E-state index in [1.54, 1.807) is 0 Å². The van der Waals surface area contributed by atoms with Crippen LogP contribution in [0.3, 0.4) is 0 Å². The number of aryl methyl sites for hydroxylation is 2. The second-order valence-corrected chi connectivity index (χ2v) is 7.36. The Labute approximate surface area is 181 Å². The van der Waals surface area contributed by atoms with Gasteiger partial charge in [0.15, 0.2) is 0 Å². The summed E-state index contributed by atoms with van der Waals surface area (Å²) >= 11 is 0. The van der Waals surface area contributed by atoms with Crippen molar-refractivity contribution >= 4 is 28.8 Å². The van der Waals surface area contributed by atoms with Gasteiger partial charge in [-0.2, -0.15) is 10.2 Å². The molecule has 31 heavy (non-hydrogen) atoms. The van der Waals surface area contributed by atoms with Gasteiger partial charge in [-0.05, 0) is 61.4 Å². The molecule has 0 fully saturated rings. The molecule has 0 radical (unpaired) electrons. The number of nitriles is 1. The molecule has 4 rings (SSSR count). The third-order valence-electron chi connectivity index (χ3n) is 4.98. The number of rotatable bonds is 4. The quantitative estimate of drug-likeness (QED) is 0.478. The zero-order chi connectivity index (χ0) is 22.0. The molecular formula is C25H22N6. The summed E-state index contributed by atoms with van der Waals surface area (Å²) in [5.41, 5.74) is 18.5. The van der Waals surface area contributed by atoms with Crippen molar-refractivity contribution in [3.05, 3.63) is 89.5 Å². The molecule has 0 amide bonds. The van der Waals surface area contributed by atoms with Crippen LogP contribution in [-0.2, 0) is 0 Å². The Morgan fingerprint density at radius 3 is 1.87 bits per heavy atom. The number of benzene rings is 3. The van der Waals surface area contributed by atoms with Gasteiger partial charge in [-0.25, -0.2) is 4.98 Å². The van der Waals surface area contributed by atoms with Crippen molar-refractivity contribution in [1.29, 1.82) is 5.26 Å². The molecule has 0 atom stereocenters. The summed E-state index contributed by atoms with van der Waals surface area (Å²) < 4.78 is 0. The molecule has 4 N–H and O–H groups in total. The van der Waals surface area contributed by atoms with Crippen LogP contribution in [0, 0.1) is 25.2 Å². The fourth-order valence-electron chi connectivity index (χ4n) is 3.56. The second kappa shape index (κ2) is 8.17. The Bertz CT molecular complexity index is 1240. The number of nitrogen functional groups attached to an aromatic ring is 2. The second-order valence-electron chi connectivity index (χ2n) is 7.36. The highest BCUT2D eigenvalue weighted by Gasteiger charge is 2.16. The Kier molecular flexibility index (Phi) is 5.25. The summed E-state index contributed by atoms with van der Waals surface area (Å²) in [5, 5.41) is 9.48. The van der Waals surface area contributed by atoms with Crippen LogP contribution in [0.5, 0.6) is 0 Å². The van der Waals surface area contributed by atoms with Gasteiger partial charge in [0.2, 0.25) is 5.95 Å². The monoisotopic (exact) mass is 406 g/mol. The van der Waals surface area contributed by atoms with Gasteiger partial charge in [0, 0.05) is 22.6 Å². The van der Waals surface area contributed by atoms with E-state index in [0.717, 1.165) is 22.6 Å². The van der Waals surface area contributed by atoms with Gasteiger partial charge >= 0.3 is 0 Å². The van der Waals surface area contributed by atoms with Crippen molar-refractivity contribution < 1.29 is 0 Å². The minimum Gasteiger partial charge on any atom is -0.382 e. The topological polar surface area (TPSA) is 105 Å². The van der Waals surface area contributed by atoms with Crippen molar-refractivity contribution in [2.75, 3.05) is 16.4 Å². The summed E-state index contributed by atoms with van der Waals surface area (Å²) in [7, 11) is 0. The van der Waals surface area contributed by atoms with E-state index in [1.807, 2.05) is 36.4 Å². The van der Waals surface area contributed by atoms with E-state index >= 15 is 0 Å². The lowest BCUT2D eigenvalue weighted by molar-refractivity contribution is 1.18. The van der Waals surface area contributed by atoms with Gasteiger partial charge in [-0.1, -0.05) is 36.4 Å². The van der Waals surface area contributed by atoms with Crippen molar-refractivity contribution in [2.24, 2.45) is 0 Å². The zero-order valence-corrected chi connectivity index (χ0v) is 17.4. The van der Waals surface area contributed by atoms with Gasteiger partial charge in [-0.15, -0.1) is 0 Å². The van der Waals surface area contributed by atoms with Gasteiger partial charge in [-0.3, -0.25) is 0 Å². The Morgan fingerprint density at radius 2 is 1.35 bits per heavy atom. The van der Waals surface area contributed by atoms with Gasteiger partial charge in [0.1, 0.15) is 17.5 Å². The molecule has 4 aromatic rings. The first-order valence-electron chi connectivity index (χ1n) is 9.83. The maximum Gasteiger partial charge on any atom is 0.222 e. The molecule has 3 aromatic carbocycles. The molecular weight excluding hydrogens is 384 g/mol. The molecule has 0 aliphatic carbocycles. The third kappa shape index (κ3) is 4.02. The molecule has 1 heterocycles.